The summed E-state index contributed by atoms with van der Waals surface area (Å²) in [5, 5.41) is 8.99. The van der Waals surface area contributed by atoms with E-state index in [1.807, 2.05) is 7.05 Å². The van der Waals surface area contributed by atoms with Crippen molar-refractivity contribution in [2.45, 2.75) is 44.2 Å². The summed E-state index contributed by atoms with van der Waals surface area (Å²) in [5.74, 6) is 0.0109. The number of nitrogens with zero attached hydrogens (tertiary/aromatic N) is 1. The maximum atomic E-state index is 10.9. The first-order valence-corrected chi connectivity index (χ1v) is 5.15. The number of carboxylic acid groups (broad SMARTS) is 1. The molecule has 0 aromatic heterocycles. The van der Waals surface area contributed by atoms with E-state index < -0.39 is 5.97 Å². The third-order valence-electron chi connectivity index (χ3n) is 3.69. The van der Waals surface area contributed by atoms with E-state index in [9.17, 15) is 4.79 Å². The first-order chi connectivity index (χ1) is 6.20. The summed E-state index contributed by atoms with van der Waals surface area (Å²) in [7, 11) is 1.97. The zero-order valence-electron chi connectivity index (χ0n) is 8.07. The number of hydrogen-bond donors (Lipinski definition) is 1. The predicted molar refractivity (Wildman–Crippen MR) is 49.5 cm³/mol. The molecule has 0 aromatic carbocycles. The summed E-state index contributed by atoms with van der Waals surface area (Å²) in [4.78, 5) is 13.0. The molecule has 74 valence electrons. The molecule has 1 heterocycles. The third-order valence-corrected chi connectivity index (χ3v) is 3.69. The van der Waals surface area contributed by atoms with Gasteiger partial charge in [0.05, 0.1) is 0 Å². The number of fused-ring (bicyclic) bond motifs is 1. The largest absolute Gasteiger partial charge is 0.480 e. The second kappa shape index (κ2) is 3.29. The van der Waals surface area contributed by atoms with Crippen molar-refractivity contribution in [1.29, 1.82) is 0 Å². The fourth-order valence-electron chi connectivity index (χ4n) is 2.96. The van der Waals surface area contributed by atoms with Crippen LogP contribution in [0.2, 0.25) is 0 Å². The van der Waals surface area contributed by atoms with Crippen LogP contribution in [0.15, 0.2) is 0 Å². The number of hydrogen-bond acceptors (Lipinski definition) is 2. The summed E-state index contributed by atoms with van der Waals surface area (Å²) in [5.41, 5.74) is 0. The fourth-order valence-corrected chi connectivity index (χ4v) is 2.96. The van der Waals surface area contributed by atoms with Crippen LogP contribution in [0.25, 0.3) is 0 Å². The van der Waals surface area contributed by atoms with Gasteiger partial charge in [-0.05, 0) is 32.2 Å². The van der Waals surface area contributed by atoms with Gasteiger partial charge in [-0.3, -0.25) is 9.69 Å². The maximum absolute atomic E-state index is 10.9. The van der Waals surface area contributed by atoms with E-state index in [1.165, 1.54) is 25.7 Å². The van der Waals surface area contributed by atoms with E-state index in [1.54, 1.807) is 0 Å². The van der Waals surface area contributed by atoms with Crippen LogP contribution in [0.4, 0.5) is 0 Å². The van der Waals surface area contributed by atoms with E-state index in [4.69, 9.17) is 5.11 Å². The number of rotatable bonds is 1. The standard InChI is InChI=1S/C10H17NO2/c1-11-8-5-3-2-4-7(8)6-9(11)10(12)13/h7-9H,2-6H2,1H3,(H,12,13). The normalized spacial score (nSPS) is 40.2. The van der Waals surface area contributed by atoms with Gasteiger partial charge < -0.3 is 5.11 Å². The Balaban J connectivity index is 2.09. The highest BCUT2D eigenvalue weighted by atomic mass is 16.4. The van der Waals surface area contributed by atoms with Crippen molar-refractivity contribution in [2.75, 3.05) is 7.05 Å². The molecule has 0 radical (unpaired) electrons. The van der Waals surface area contributed by atoms with Crippen LogP contribution in [-0.2, 0) is 4.79 Å². The zero-order chi connectivity index (χ0) is 9.42. The van der Waals surface area contributed by atoms with Crippen molar-refractivity contribution in [2.24, 2.45) is 5.92 Å². The molecule has 0 bridgehead atoms. The summed E-state index contributed by atoms with van der Waals surface area (Å²) < 4.78 is 0. The minimum atomic E-state index is -0.642. The van der Waals surface area contributed by atoms with Crippen molar-refractivity contribution in [3.05, 3.63) is 0 Å². The zero-order valence-corrected chi connectivity index (χ0v) is 8.07. The molecule has 3 unspecified atom stereocenters. The Morgan fingerprint density at radius 2 is 2.08 bits per heavy atom. The molecular formula is C10H17NO2. The van der Waals surface area contributed by atoms with Crippen molar-refractivity contribution in [1.82, 2.24) is 4.90 Å². The molecule has 1 aliphatic carbocycles. The Labute approximate surface area is 78.7 Å². The van der Waals surface area contributed by atoms with Gasteiger partial charge in [0.2, 0.25) is 0 Å². The van der Waals surface area contributed by atoms with Crippen LogP contribution in [-0.4, -0.2) is 35.1 Å². The van der Waals surface area contributed by atoms with Gasteiger partial charge in [0.15, 0.2) is 0 Å². The lowest BCUT2D eigenvalue weighted by molar-refractivity contribution is -0.142. The molecule has 2 fully saturated rings. The Morgan fingerprint density at radius 1 is 1.38 bits per heavy atom. The van der Waals surface area contributed by atoms with Gasteiger partial charge in [-0.15, -0.1) is 0 Å². The second-order valence-corrected chi connectivity index (χ2v) is 4.37. The second-order valence-electron chi connectivity index (χ2n) is 4.37. The van der Waals surface area contributed by atoms with Crippen LogP contribution >= 0.6 is 0 Å². The molecule has 0 amide bonds. The Kier molecular flexibility index (Phi) is 2.28. The summed E-state index contributed by atoms with van der Waals surface area (Å²) in [6.45, 7) is 0. The van der Waals surface area contributed by atoms with Crippen LogP contribution in [0.1, 0.15) is 32.1 Å². The highest BCUT2D eigenvalue weighted by Crippen LogP contribution is 2.38. The van der Waals surface area contributed by atoms with Crippen molar-refractivity contribution in [3.8, 4) is 0 Å². The van der Waals surface area contributed by atoms with Crippen LogP contribution < -0.4 is 0 Å². The summed E-state index contributed by atoms with van der Waals surface area (Å²) in [6, 6.07) is 0.336. The molecule has 3 heteroatoms. The van der Waals surface area contributed by atoms with Crippen molar-refractivity contribution in [3.63, 3.8) is 0 Å². The number of carbonyl (C=O) groups is 1. The van der Waals surface area contributed by atoms with Gasteiger partial charge >= 0.3 is 5.97 Å². The molecule has 3 atom stereocenters. The fraction of sp³-hybridized carbons (Fsp3) is 0.900. The van der Waals surface area contributed by atoms with E-state index >= 15 is 0 Å². The monoisotopic (exact) mass is 183 g/mol. The molecule has 13 heavy (non-hydrogen) atoms. The van der Waals surface area contributed by atoms with Crippen molar-refractivity contribution < 1.29 is 9.90 Å². The van der Waals surface area contributed by atoms with Gasteiger partial charge in [0, 0.05) is 6.04 Å². The lowest BCUT2D eigenvalue weighted by atomic mass is 9.85. The molecule has 2 aliphatic rings. The molecule has 0 aromatic rings. The number of likely N-dealkylation sites (tertiary alicyclic amines) is 1. The van der Waals surface area contributed by atoms with Gasteiger partial charge in [-0.25, -0.2) is 0 Å². The lowest BCUT2D eigenvalue weighted by Crippen LogP contribution is -2.38. The lowest BCUT2D eigenvalue weighted by Gasteiger charge is -2.29. The highest BCUT2D eigenvalue weighted by molar-refractivity contribution is 5.74. The van der Waals surface area contributed by atoms with E-state index in [0.717, 1.165) is 6.42 Å². The topological polar surface area (TPSA) is 40.5 Å². The van der Waals surface area contributed by atoms with E-state index in [0.29, 0.717) is 12.0 Å². The summed E-state index contributed by atoms with van der Waals surface area (Å²) in [6.07, 6.45) is 5.87. The van der Waals surface area contributed by atoms with E-state index in [2.05, 4.69) is 4.90 Å². The molecule has 0 spiro atoms. The number of aliphatic carboxylic acids is 1. The highest BCUT2D eigenvalue weighted by Gasteiger charge is 2.42. The van der Waals surface area contributed by atoms with Gasteiger partial charge in [-0.2, -0.15) is 0 Å². The minimum Gasteiger partial charge on any atom is -0.480 e. The molecule has 3 nitrogen and oxygen atoms in total. The van der Waals surface area contributed by atoms with Crippen LogP contribution in [0.5, 0.6) is 0 Å². The van der Waals surface area contributed by atoms with Crippen molar-refractivity contribution >= 4 is 5.97 Å². The Bertz CT molecular complexity index is 217. The minimum absolute atomic E-state index is 0.215. The van der Waals surface area contributed by atoms with E-state index in [-0.39, 0.29) is 6.04 Å². The summed E-state index contributed by atoms with van der Waals surface area (Å²) >= 11 is 0. The third kappa shape index (κ3) is 1.46. The molecule has 2 rings (SSSR count). The number of likely N-dealkylation sites (N-methyl/N-ethyl adjacent to an activating group) is 1. The van der Waals surface area contributed by atoms with Crippen LogP contribution in [0.3, 0.4) is 0 Å². The Hall–Kier alpha value is -0.570. The van der Waals surface area contributed by atoms with Gasteiger partial charge in [-0.1, -0.05) is 12.8 Å². The molecule has 1 saturated carbocycles. The van der Waals surface area contributed by atoms with Crippen LogP contribution in [0, 0.1) is 5.92 Å². The molecule has 1 N–H and O–H groups in total. The molecule has 1 saturated heterocycles. The average molecular weight is 183 g/mol. The van der Waals surface area contributed by atoms with Gasteiger partial charge in [0.25, 0.3) is 0 Å². The maximum Gasteiger partial charge on any atom is 0.320 e. The SMILES string of the molecule is CN1C(C(=O)O)CC2CCCCC21. The average Bonchev–Trinajstić information content (AvgIpc) is 2.45. The smallest absolute Gasteiger partial charge is 0.320 e. The molecular weight excluding hydrogens is 166 g/mol. The first-order valence-electron chi connectivity index (χ1n) is 5.15. The first kappa shape index (κ1) is 9.00. The Morgan fingerprint density at radius 3 is 2.69 bits per heavy atom. The molecule has 1 aliphatic heterocycles. The van der Waals surface area contributed by atoms with Gasteiger partial charge in [0.1, 0.15) is 6.04 Å². The number of carboxylic acids is 1. The quantitative estimate of drug-likeness (QED) is 0.666. The predicted octanol–water partition coefficient (Wildman–Crippen LogP) is 1.33.